The van der Waals surface area contributed by atoms with Gasteiger partial charge in [-0.15, -0.1) is 0 Å². The molecule has 0 aromatic rings. The summed E-state index contributed by atoms with van der Waals surface area (Å²) >= 11 is 0. The number of ether oxygens (including phenoxy) is 1. The third-order valence-corrected chi connectivity index (χ3v) is 1.32. The second kappa shape index (κ2) is 4.79. The second-order valence-corrected chi connectivity index (χ2v) is 2.24. The van der Waals surface area contributed by atoms with Crippen LogP contribution in [0.5, 0.6) is 0 Å². The molecule has 0 rings (SSSR count). The highest BCUT2D eigenvalue weighted by molar-refractivity contribution is 6.10. The van der Waals surface area contributed by atoms with Crippen LogP contribution < -0.4 is 0 Å². The van der Waals surface area contributed by atoms with E-state index in [2.05, 4.69) is 0 Å². The van der Waals surface area contributed by atoms with Crippen molar-refractivity contribution in [3.8, 4) is 0 Å². The Morgan fingerprint density at radius 2 is 2.09 bits per heavy atom. The van der Waals surface area contributed by atoms with Gasteiger partial charge in [-0.1, -0.05) is 0 Å². The smallest absolute Gasteiger partial charge is 0.162 e. The van der Waals surface area contributed by atoms with Crippen LogP contribution >= 0.6 is 0 Å². The summed E-state index contributed by atoms with van der Waals surface area (Å²) in [5.41, 5.74) is 0.166. The van der Waals surface area contributed by atoms with Crippen molar-refractivity contribution >= 4 is 12.1 Å². The fraction of sp³-hybridized carbons (Fsp3) is 0.500. The number of Topliss-reactive ketones (excluding diaryl/α,β-unsaturated/α-hetero) is 1. The van der Waals surface area contributed by atoms with Gasteiger partial charge in [-0.2, -0.15) is 0 Å². The van der Waals surface area contributed by atoms with Crippen LogP contribution in [0, 0.1) is 0 Å². The van der Waals surface area contributed by atoms with Crippen LogP contribution in [0.2, 0.25) is 0 Å². The minimum Gasteiger partial charge on any atom is -0.378 e. The summed E-state index contributed by atoms with van der Waals surface area (Å²) < 4.78 is 4.85. The van der Waals surface area contributed by atoms with E-state index in [-0.39, 0.29) is 17.5 Å². The predicted octanol–water partition coefficient (Wildman–Crippen LogP) is 0.736. The molecular weight excluding hydrogens is 144 g/mol. The highest BCUT2D eigenvalue weighted by Crippen LogP contribution is 1.97. The van der Waals surface area contributed by atoms with E-state index in [1.807, 2.05) is 0 Å². The molecule has 0 fully saturated rings. The molecule has 0 saturated carbocycles. The molecule has 0 spiro atoms. The number of allylic oxidation sites excluding steroid dienone is 1. The fourth-order valence-electron chi connectivity index (χ4n) is 0.561. The number of hydrogen-bond donors (Lipinski definition) is 0. The van der Waals surface area contributed by atoms with Crippen molar-refractivity contribution < 1.29 is 14.3 Å². The first kappa shape index (κ1) is 10.0. The minimum absolute atomic E-state index is 0.166. The van der Waals surface area contributed by atoms with E-state index in [4.69, 9.17) is 4.74 Å². The van der Waals surface area contributed by atoms with Crippen LogP contribution in [-0.2, 0) is 14.3 Å². The van der Waals surface area contributed by atoms with E-state index in [1.165, 1.54) is 20.1 Å². The highest BCUT2D eigenvalue weighted by atomic mass is 16.5. The molecule has 0 amide bonds. The molecule has 0 aliphatic heterocycles. The SMILES string of the molecule is COC(C)/C=C(/C=O)C(C)=O. The summed E-state index contributed by atoms with van der Waals surface area (Å²) in [6.07, 6.45) is 1.84. The van der Waals surface area contributed by atoms with Crippen molar-refractivity contribution in [1.29, 1.82) is 0 Å². The molecule has 11 heavy (non-hydrogen) atoms. The first-order chi connectivity index (χ1) is 5.11. The van der Waals surface area contributed by atoms with E-state index in [0.29, 0.717) is 6.29 Å². The van der Waals surface area contributed by atoms with Gasteiger partial charge in [0.2, 0.25) is 0 Å². The summed E-state index contributed by atoms with van der Waals surface area (Å²) in [5, 5.41) is 0. The summed E-state index contributed by atoms with van der Waals surface area (Å²) in [4.78, 5) is 20.9. The Bertz CT molecular complexity index is 182. The minimum atomic E-state index is -0.232. The average Bonchev–Trinajstić information content (AvgIpc) is 1.99. The predicted molar refractivity (Wildman–Crippen MR) is 41.3 cm³/mol. The summed E-state index contributed by atoms with van der Waals surface area (Å²) in [6, 6.07) is 0. The molecule has 62 valence electrons. The highest BCUT2D eigenvalue weighted by Gasteiger charge is 2.03. The topological polar surface area (TPSA) is 43.4 Å². The molecule has 0 bridgehead atoms. The van der Waals surface area contributed by atoms with Gasteiger partial charge in [-0.3, -0.25) is 9.59 Å². The van der Waals surface area contributed by atoms with E-state index >= 15 is 0 Å². The van der Waals surface area contributed by atoms with Gasteiger partial charge in [0.1, 0.15) is 0 Å². The van der Waals surface area contributed by atoms with Crippen LogP contribution in [0.25, 0.3) is 0 Å². The van der Waals surface area contributed by atoms with Crippen molar-refractivity contribution in [2.75, 3.05) is 7.11 Å². The van der Waals surface area contributed by atoms with E-state index in [1.54, 1.807) is 6.92 Å². The lowest BCUT2D eigenvalue weighted by atomic mass is 10.1. The van der Waals surface area contributed by atoms with Gasteiger partial charge in [0.05, 0.1) is 11.7 Å². The Morgan fingerprint density at radius 1 is 1.55 bits per heavy atom. The number of hydrogen-bond acceptors (Lipinski definition) is 3. The summed E-state index contributed by atoms with van der Waals surface area (Å²) in [6.45, 7) is 3.11. The summed E-state index contributed by atoms with van der Waals surface area (Å²) in [7, 11) is 1.52. The van der Waals surface area contributed by atoms with Gasteiger partial charge in [0.15, 0.2) is 12.1 Å². The maximum Gasteiger partial charge on any atom is 0.162 e. The Balaban J connectivity index is 4.34. The van der Waals surface area contributed by atoms with Gasteiger partial charge >= 0.3 is 0 Å². The van der Waals surface area contributed by atoms with Crippen LogP contribution in [0.3, 0.4) is 0 Å². The molecule has 0 aromatic heterocycles. The molecular formula is C8H12O3. The number of aldehydes is 1. The van der Waals surface area contributed by atoms with Crippen molar-refractivity contribution in [3.05, 3.63) is 11.6 Å². The zero-order chi connectivity index (χ0) is 8.85. The second-order valence-electron chi connectivity index (χ2n) is 2.24. The number of methoxy groups -OCH3 is 1. The molecule has 3 nitrogen and oxygen atoms in total. The van der Waals surface area contributed by atoms with Crippen LogP contribution in [0.1, 0.15) is 13.8 Å². The lowest BCUT2D eigenvalue weighted by Crippen LogP contribution is -2.06. The largest absolute Gasteiger partial charge is 0.378 e. The number of carbonyl (C=O) groups is 2. The van der Waals surface area contributed by atoms with Crippen LogP contribution in [-0.4, -0.2) is 25.3 Å². The van der Waals surface area contributed by atoms with Crippen molar-refractivity contribution in [2.45, 2.75) is 20.0 Å². The van der Waals surface area contributed by atoms with Crippen LogP contribution in [0.15, 0.2) is 11.6 Å². The maximum atomic E-state index is 10.7. The standard InChI is InChI=1S/C8H12O3/c1-6(11-3)4-8(5-9)7(2)10/h4-6H,1-3H3/b8-4-. The van der Waals surface area contributed by atoms with E-state index in [9.17, 15) is 9.59 Å². The van der Waals surface area contributed by atoms with Crippen molar-refractivity contribution in [1.82, 2.24) is 0 Å². The molecule has 0 aliphatic rings. The monoisotopic (exact) mass is 156 g/mol. The Hall–Kier alpha value is -0.960. The van der Waals surface area contributed by atoms with Gasteiger partial charge in [0.25, 0.3) is 0 Å². The van der Waals surface area contributed by atoms with Gasteiger partial charge in [0, 0.05) is 7.11 Å². The van der Waals surface area contributed by atoms with E-state index in [0.717, 1.165) is 0 Å². The zero-order valence-corrected chi connectivity index (χ0v) is 6.96. The zero-order valence-electron chi connectivity index (χ0n) is 6.96. The number of ketones is 1. The van der Waals surface area contributed by atoms with E-state index < -0.39 is 0 Å². The quantitative estimate of drug-likeness (QED) is 0.261. The number of rotatable bonds is 4. The first-order valence-corrected chi connectivity index (χ1v) is 3.32. The van der Waals surface area contributed by atoms with Crippen molar-refractivity contribution in [3.63, 3.8) is 0 Å². The molecule has 1 atom stereocenters. The fourth-order valence-corrected chi connectivity index (χ4v) is 0.561. The molecule has 0 radical (unpaired) electrons. The van der Waals surface area contributed by atoms with Crippen molar-refractivity contribution in [2.24, 2.45) is 0 Å². The molecule has 0 N–H and O–H groups in total. The molecule has 0 heterocycles. The normalized spacial score (nSPS) is 14.3. The third kappa shape index (κ3) is 3.68. The maximum absolute atomic E-state index is 10.7. The molecule has 0 aromatic carbocycles. The average molecular weight is 156 g/mol. The number of carbonyl (C=O) groups excluding carboxylic acids is 2. The molecule has 0 saturated heterocycles. The lowest BCUT2D eigenvalue weighted by molar-refractivity contribution is -0.116. The Labute approximate surface area is 66.0 Å². The molecule has 3 heteroatoms. The molecule has 1 unspecified atom stereocenters. The first-order valence-electron chi connectivity index (χ1n) is 3.32. The van der Waals surface area contributed by atoms with Gasteiger partial charge < -0.3 is 4.74 Å². The Morgan fingerprint density at radius 3 is 2.36 bits per heavy atom. The van der Waals surface area contributed by atoms with Crippen LogP contribution in [0.4, 0.5) is 0 Å². The third-order valence-electron chi connectivity index (χ3n) is 1.32. The molecule has 0 aliphatic carbocycles. The van der Waals surface area contributed by atoms with Gasteiger partial charge in [-0.05, 0) is 19.9 Å². The Kier molecular flexibility index (Phi) is 4.38. The lowest BCUT2D eigenvalue weighted by Gasteiger charge is -2.02. The summed E-state index contributed by atoms with van der Waals surface area (Å²) in [5.74, 6) is -0.232. The van der Waals surface area contributed by atoms with Gasteiger partial charge in [-0.25, -0.2) is 0 Å².